The molecule has 1 aromatic heterocycles. The standard InChI is InChI=1S/C19H23Cl2N5O/c1-14(24(2)13-15-10-16(20)12-17(21)11-15)18(27)25-6-8-26(9-7-25)19-22-4-3-5-23-19/h3-5,10-12,14H,6-9,13H2,1-2H3. The minimum absolute atomic E-state index is 0.124. The van der Waals surface area contributed by atoms with Gasteiger partial charge < -0.3 is 9.80 Å². The zero-order valence-electron chi connectivity index (χ0n) is 15.5. The number of anilines is 1. The summed E-state index contributed by atoms with van der Waals surface area (Å²) in [7, 11) is 1.94. The highest BCUT2D eigenvalue weighted by Crippen LogP contribution is 2.21. The van der Waals surface area contributed by atoms with Gasteiger partial charge in [0.2, 0.25) is 11.9 Å². The van der Waals surface area contributed by atoms with Gasteiger partial charge in [0.25, 0.3) is 0 Å². The first kappa shape index (κ1) is 19.9. The van der Waals surface area contributed by atoms with Gasteiger partial charge in [0.15, 0.2) is 0 Å². The van der Waals surface area contributed by atoms with Crippen LogP contribution in [-0.2, 0) is 11.3 Å². The van der Waals surface area contributed by atoms with Crippen LogP contribution in [0.2, 0.25) is 10.0 Å². The Morgan fingerprint density at radius 2 is 1.70 bits per heavy atom. The molecule has 1 aliphatic rings. The number of nitrogens with zero attached hydrogens (tertiary/aromatic N) is 5. The second kappa shape index (κ2) is 8.87. The van der Waals surface area contributed by atoms with E-state index in [0.717, 1.165) is 18.7 Å². The molecule has 2 heterocycles. The second-order valence-electron chi connectivity index (χ2n) is 6.73. The van der Waals surface area contributed by atoms with Crippen molar-refractivity contribution >= 4 is 35.1 Å². The third-order valence-electron chi connectivity index (χ3n) is 4.80. The summed E-state index contributed by atoms with van der Waals surface area (Å²) in [5, 5.41) is 1.20. The van der Waals surface area contributed by atoms with Crippen molar-refractivity contribution in [2.24, 2.45) is 0 Å². The molecule has 2 aromatic rings. The number of likely N-dealkylation sites (N-methyl/N-ethyl adjacent to an activating group) is 1. The third-order valence-corrected chi connectivity index (χ3v) is 5.24. The highest BCUT2D eigenvalue weighted by atomic mass is 35.5. The summed E-state index contributed by atoms with van der Waals surface area (Å²) >= 11 is 12.1. The van der Waals surface area contributed by atoms with Crippen LogP contribution < -0.4 is 4.90 Å². The van der Waals surface area contributed by atoms with Crippen LogP contribution in [0, 0.1) is 0 Å². The molecule has 6 nitrogen and oxygen atoms in total. The lowest BCUT2D eigenvalue weighted by Crippen LogP contribution is -2.53. The molecule has 0 aliphatic carbocycles. The minimum atomic E-state index is -0.234. The Hall–Kier alpha value is -1.89. The number of carbonyl (C=O) groups excluding carboxylic acids is 1. The molecule has 27 heavy (non-hydrogen) atoms. The molecule has 0 radical (unpaired) electrons. The predicted octanol–water partition coefficient (Wildman–Crippen LogP) is 2.95. The molecule has 8 heteroatoms. The van der Waals surface area contributed by atoms with E-state index in [2.05, 4.69) is 14.9 Å². The smallest absolute Gasteiger partial charge is 0.239 e. The average Bonchev–Trinajstić information content (AvgIpc) is 2.67. The van der Waals surface area contributed by atoms with Gasteiger partial charge in [-0.2, -0.15) is 0 Å². The first-order valence-corrected chi connectivity index (χ1v) is 9.65. The molecule has 0 spiro atoms. The second-order valence-corrected chi connectivity index (χ2v) is 7.60. The summed E-state index contributed by atoms with van der Waals surface area (Å²) in [5.41, 5.74) is 0.987. The van der Waals surface area contributed by atoms with E-state index in [-0.39, 0.29) is 11.9 Å². The van der Waals surface area contributed by atoms with Crippen molar-refractivity contribution in [2.75, 3.05) is 38.1 Å². The van der Waals surface area contributed by atoms with Gasteiger partial charge in [-0.15, -0.1) is 0 Å². The maximum Gasteiger partial charge on any atom is 0.239 e. The van der Waals surface area contributed by atoms with Gasteiger partial charge in [-0.25, -0.2) is 9.97 Å². The summed E-state index contributed by atoms with van der Waals surface area (Å²) < 4.78 is 0. The zero-order valence-corrected chi connectivity index (χ0v) is 17.0. The summed E-state index contributed by atoms with van der Waals surface area (Å²) in [4.78, 5) is 27.5. The summed E-state index contributed by atoms with van der Waals surface area (Å²) in [6, 6.07) is 7.02. The van der Waals surface area contributed by atoms with Crippen molar-refractivity contribution in [1.82, 2.24) is 19.8 Å². The topological polar surface area (TPSA) is 52.6 Å². The molecule has 1 atom stereocenters. The molecular weight excluding hydrogens is 385 g/mol. The number of aromatic nitrogens is 2. The molecule has 0 N–H and O–H groups in total. The van der Waals surface area contributed by atoms with Crippen LogP contribution in [-0.4, -0.2) is 64.9 Å². The maximum atomic E-state index is 12.9. The quantitative estimate of drug-likeness (QED) is 0.762. The minimum Gasteiger partial charge on any atom is -0.338 e. The molecule has 1 saturated heterocycles. The number of piperazine rings is 1. The third kappa shape index (κ3) is 5.09. The van der Waals surface area contributed by atoms with Gasteiger partial charge in [0.1, 0.15) is 0 Å². The van der Waals surface area contributed by atoms with Gasteiger partial charge in [-0.05, 0) is 43.8 Å². The molecule has 1 fully saturated rings. The Kier molecular flexibility index (Phi) is 6.52. The Bertz CT molecular complexity index is 761. The first-order valence-electron chi connectivity index (χ1n) is 8.90. The summed E-state index contributed by atoms with van der Waals surface area (Å²) in [6.45, 7) is 5.33. The molecule has 144 valence electrons. The van der Waals surface area contributed by atoms with Gasteiger partial charge in [0.05, 0.1) is 6.04 Å². The number of benzene rings is 1. The van der Waals surface area contributed by atoms with E-state index in [0.29, 0.717) is 35.6 Å². The normalized spacial score (nSPS) is 15.9. The van der Waals surface area contributed by atoms with Crippen LogP contribution in [0.15, 0.2) is 36.7 Å². The highest BCUT2D eigenvalue weighted by molar-refractivity contribution is 6.34. The zero-order chi connectivity index (χ0) is 19.4. The molecular formula is C19H23Cl2N5O. The SMILES string of the molecule is CC(C(=O)N1CCN(c2ncccn2)CC1)N(C)Cc1cc(Cl)cc(Cl)c1. The number of rotatable bonds is 5. The van der Waals surface area contributed by atoms with Crippen LogP contribution in [0.1, 0.15) is 12.5 Å². The molecule has 0 bridgehead atoms. The van der Waals surface area contributed by atoms with Crippen LogP contribution in [0.4, 0.5) is 5.95 Å². The van der Waals surface area contributed by atoms with Gasteiger partial charge >= 0.3 is 0 Å². The van der Waals surface area contributed by atoms with Crippen molar-refractivity contribution in [1.29, 1.82) is 0 Å². The number of hydrogen-bond donors (Lipinski definition) is 0. The van der Waals surface area contributed by atoms with E-state index >= 15 is 0 Å². The lowest BCUT2D eigenvalue weighted by atomic mass is 10.1. The Morgan fingerprint density at radius 3 is 2.30 bits per heavy atom. The number of hydrogen-bond acceptors (Lipinski definition) is 5. The summed E-state index contributed by atoms with van der Waals surface area (Å²) in [5.74, 6) is 0.840. The van der Waals surface area contributed by atoms with Crippen LogP contribution in [0.5, 0.6) is 0 Å². The molecule has 1 amide bonds. The lowest BCUT2D eigenvalue weighted by molar-refractivity contribution is -0.136. The van der Waals surface area contributed by atoms with E-state index in [4.69, 9.17) is 23.2 Å². The average molecular weight is 408 g/mol. The lowest BCUT2D eigenvalue weighted by Gasteiger charge is -2.37. The van der Waals surface area contributed by atoms with E-state index in [1.54, 1.807) is 24.5 Å². The van der Waals surface area contributed by atoms with Crippen LogP contribution in [0.3, 0.4) is 0 Å². The monoisotopic (exact) mass is 407 g/mol. The Labute approximate surface area is 169 Å². The van der Waals surface area contributed by atoms with E-state index in [1.165, 1.54) is 0 Å². The van der Waals surface area contributed by atoms with Crippen LogP contribution >= 0.6 is 23.2 Å². The van der Waals surface area contributed by atoms with Crippen molar-refractivity contribution in [2.45, 2.75) is 19.5 Å². The Balaban J connectivity index is 1.55. The first-order chi connectivity index (χ1) is 12.9. The molecule has 1 aromatic carbocycles. The number of halogens is 2. The van der Waals surface area contributed by atoms with Gasteiger partial charge in [0, 0.05) is 55.2 Å². The van der Waals surface area contributed by atoms with E-state index in [9.17, 15) is 4.79 Å². The van der Waals surface area contributed by atoms with Gasteiger partial charge in [-0.1, -0.05) is 23.2 Å². The van der Waals surface area contributed by atoms with Gasteiger partial charge in [-0.3, -0.25) is 9.69 Å². The van der Waals surface area contributed by atoms with Crippen LogP contribution in [0.25, 0.3) is 0 Å². The molecule has 1 unspecified atom stereocenters. The Morgan fingerprint density at radius 1 is 1.11 bits per heavy atom. The van der Waals surface area contributed by atoms with Crippen molar-refractivity contribution < 1.29 is 4.79 Å². The fourth-order valence-corrected chi connectivity index (χ4v) is 3.73. The fraction of sp³-hybridized carbons (Fsp3) is 0.421. The van der Waals surface area contributed by atoms with Crippen molar-refractivity contribution in [3.63, 3.8) is 0 Å². The fourth-order valence-electron chi connectivity index (χ4n) is 3.16. The highest BCUT2D eigenvalue weighted by Gasteiger charge is 2.27. The maximum absolute atomic E-state index is 12.9. The molecule has 1 aliphatic heterocycles. The van der Waals surface area contributed by atoms with E-state index < -0.39 is 0 Å². The molecule has 0 saturated carbocycles. The van der Waals surface area contributed by atoms with E-state index in [1.807, 2.05) is 35.9 Å². The summed E-state index contributed by atoms with van der Waals surface area (Å²) in [6.07, 6.45) is 3.47. The number of carbonyl (C=O) groups is 1. The van der Waals surface area contributed by atoms with Crippen molar-refractivity contribution in [3.8, 4) is 0 Å². The number of amides is 1. The predicted molar refractivity (Wildman–Crippen MR) is 108 cm³/mol. The largest absolute Gasteiger partial charge is 0.338 e. The molecule has 3 rings (SSSR count). The van der Waals surface area contributed by atoms with Crippen molar-refractivity contribution in [3.05, 3.63) is 52.3 Å².